The van der Waals surface area contributed by atoms with E-state index in [2.05, 4.69) is 0 Å². The Bertz CT molecular complexity index is 634. The third kappa shape index (κ3) is 1.88. The molecular formula is C15H12O3S. The van der Waals surface area contributed by atoms with Crippen LogP contribution in [0.3, 0.4) is 0 Å². The minimum atomic E-state index is -0.977. The van der Waals surface area contributed by atoms with Crippen molar-refractivity contribution in [3.8, 4) is 10.4 Å². The van der Waals surface area contributed by atoms with Crippen LogP contribution in [0.25, 0.3) is 10.4 Å². The Balaban J connectivity index is 1.98. The summed E-state index contributed by atoms with van der Waals surface area (Å²) in [7, 11) is 0. The topological polar surface area (TPSA) is 54.4 Å². The van der Waals surface area contributed by atoms with Crippen molar-refractivity contribution in [2.45, 2.75) is 18.3 Å². The van der Waals surface area contributed by atoms with Crippen molar-refractivity contribution in [1.82, 2.24) is 0 Å². The van der Waals surface area contributed by atoms with Gasteiger partial charge in [-0.3, -0.25) is 9.59 Å². The van der Waals surface area contributed by atoms with Crippen LogP contribution in [0.2, 0.25) is 0 Å². The maximum atomic E-state index is 11.4. The highest BCUT2D eigenvalue weighted by molar-refractivity contribution is 7.15. The van der Waals surface area contributed by atoms with Crippen LogP contribution < -0.4 is 0 Å². The Morgan fingerprint density at radius 2 is 1.79 bits per heavy atom. The Kier molecular flexibility index (Phi) is 2.75. The van der Waals surface area contributed by atoms with Gasteiger partial charge in [0.25, 0.3) is 0 Å². The molecule has 1 N–H and O–H groups in total. The molecule has 19 heavy (non-hydrogen) atoms. The van der Waals surface area contributed by atoms with Gasteiger partial charge in [0, 0.05) is 22.6 Å². The summed E-state index contributed by atoms with van der Waals surface area (Å²) in [5.74, 6) is -0.870. The summed E-state index contributed by atoms with van der Waals surface area (Å²) in [6, 6.07) is 13.6. The first-order valence-electron chi connectivity index (χ1n) is 6.03. The monoisotopic (exact) mass is 272 g/mol. The summed E-state index contributed by atoms with van der Waals surface area (Å²) in [6.07, 6.45) is 0.244. The van der Waals surface area contributed by atoms with E-state index in [1.54, 1.807) is 0 Å². The average molecular weight is 272 g/mol. The number of rotatable bonds is 3. The average Bonchev–Trinajstić information content (AvgIpc) is 2.85. The van der Waals surface area contributed by atoms with Gasteiger partial charge in [-0.2, -0.15) is 0 Å². The number of carbonyl (C=O) groups is 2. The number of thiophene rings is 1. The molecule has 0 spiro atoms. The molecule has 0 unspecified atom stereocenters. The minimum absolute atomic E-state index is 0.0251. The number of carboxylic acids is 1. The summed E-state index contributed by atoms with van der Waals surface area (Å²) in [5, 5.41) is 9.39. The second kappa shape index (κ2) is 4.31. The quantitative estimate of drug-likeness (QED) is 0.934. The van der Waals surface area contributed by atoms with Crippen molar-refractivity contribution >= 4 is 23.1 Å². The molecule has 1 aromatic carbocycles. The molecule has 2 aromatic rings. The number of Topliss-reactive ketones (excluding diaryl/α,β-unsaturated/α-hetero) is 1. The summed E-state index contributed by atoms with van der Waals surface area (Å²) in [4.78, 5) is 24.5. The van der Waals surface area contributed by atoms with Crippen molar-refractivity contribution in [3.63, 3.8) is 0 Å². The molecule has 1 heterocycles. The highest BCUT2D eigenvalue weighted by Crippen LogP contribution is 2.46. The first-order valence-corrected chi connectivity index (χ1v) is 6.84. The molecule has 0 atom stereocenters. The fourth-order valence-corrected chi connectivity index (χ4v) is 3.59. The van der Waals surface area contributed by atoms with Crippen LogP contribution in [-0.4, -0.2) is 16.9 Å². The van der Waals surface area contributed by atoms with E-state index < -0.39 is 11.4 Å². The fourth-order valence-electron chi connectivity index (χ4n) is 2.40. The van der Waals surface area contributed by atoms with E-state index in [1.807, 2.05) is 42.5 Å². The van der Waals surface area contributed by atoms with Crippen LogP contribution in [0.1, 0.15) is 17.7 Å². The van der Waals surface area contributed by atoms with Crippen LogP contribution in [0, 0.1) is 0 Å². The number of hydrogen-bond donors (Lipinski definition) is 1. The molecule has 4 heteroatoms. The first kappa shape index (κ1) is 12.1. The van der Waals surface area contributed by atoms with Crippen molar-refractivity contribution < 1.29 is 14.7 Å². The maximum Gasteiger partial charge on any atom is 0.315 e. The van der Waals surface area contributed by atoms with Gasteiger partial charge in [0.2, 0.25) is 0 Å². The van der Waals surface area contributed by atoms with Gasteiger partial charge >= 0.3 is 5.97 Å². The van der Waals surface area contributed by atoms with Gasteiger partial charge < -0.3 is 5.11 Å². The van der Waals surface area contributed by atoms with E-state index in [1.165, 1.54) is 11.3 Å². The van der Waals surface area contributed by atoms with Gasteiger partial charge in [-0.1, -0.05) is 30.3 Å². The second-order valence-corrected chi connectivity index (χ2v) is 5.89. The molecule has 1 fully saturated rings. The van der Waals surface area contributed by atoms with Gasteiger partial charge in [0.05, 0.1) is 0 Å². The number of benzene rings is 1. The standard InChI is InChI=1S/C15H12O3S/c16-11-8-15(9-11,14(17)18)13-7-6-12(19-13)10-4-2-1-3-5-10/h1-7H,8-9H2,(H,17,18). The molecule has 0 amide bonds. The molecule has 0 radical (unpaired) electrons. The lowest BCUT2D eigenvalue weighted by Gasteiger charge is -2.35. The summed E-state index contributed by atoms with van der Waals surface area (Å²) in [5.41, 5.74) is 0.0966. The second-order valence-electron chi connectivity index (χ2n) is 4.81. The number of hydrogen-bond acceptors (Lipinski definition) is 3. The van der Waals surface area contributed by atoms with Crippen molar-refractivity contribution in [3.05, 3.63) is 47.3 Å². The van der Waals surface area contributed by atoms with E-state index in [4.69, 9.17) is 0 Å². The fraction of sp³-hybridized carbons (Fsp3) is 0.200. The SMILES string of the molecule is O=C1CC(C(=O)O)(c2ccc(-c3ccccc3)s2)C1. The van der Waals surface area contributed by atoms with Crippen LogP contribution in [0.4, 0.5) is 0 Å². The van der Waals surface area contributed by atoms with E-state index in [0.717, 1.165) is 15.3 Å². The molecule has 3 rings (SSSR count). The third-order valence-electron chi connectivity index (χ3n) is 3.54. The van der Waals surface area contributed by atoms with Crippen LogP contribution in [0.15, 0.2) is 42.5 Å². The lowest BCUT2D eigenvalue weighted by atomic mass is 9.67. The minimum Gasteiger partial charge on any atom is -0.481 e. The molecule has 1 saturated carbocycles. The Morgan fingerprint density at radius 1 is 1.11 bits per heavy atom. The lowest BCUT2D eigenvalue weighted by Crippen LogP contribution is -2.47. The van der Waals surface area contributed by atoms with E-state index in [-0.39, 0.29) is 18.6 Å². The third-order valence-corrected chi connectivity index (χ3v) is 4.88. The largest absolute Gasteiger partial charge is 0.481 e. The van der Waals surface area contributed by atoms with E-state index in [0.29, 0.717) is 0 Å². The van der Waals surface area contributed by atoms with Gasteiger partial charge in [-0.05, 0) is 17.7 Å². The van der Waals surface area contributed by atoms with Gasteiger partial charge in [-0.25, -0.2) is 0 Å². The smallest absolute Gasteiger partial charge is 0.315 e. The van der Waals surface area contributed by atoms with Gasteiger partial charge in [0.1, 0.15) is 11.2 Å². The van der Waals surface area contributed by atoms with Crippen LogP contribution in [0.5, 0.6) is 0 Å². The molecule has 0 saturated heterocycles. The molecular weight excluding hydrogens is 260 g/mol. The molecule has 0 aliphatic heterocycles. The predicted octanol–water partition coefficient (Wildman–Crippen LogP) is 3.10. The number of carbonyl (C=O) groups excluding carboxylic acids is 1. The van der Waals surface area contributed by atoms with Crippen molar-refractivity contribution in [2.75, 3.05) is 0 Å². The molecule has 1 aliphatic rings. The Morgan fingerprint density at radius 3 is 2.37 bits per heavy atom. The molecule has 1 aliphatic carbocycles. The highest BCUT2D eigenvalue weighted by atomic mass is 32.1. The number of aliphatic carboxylic acids is 1. The van der Waals surface area contributed by atoms with E-state index >= 15 is 0 Å². The Hall–Kier alpha value is -1.94. The van der Waals surface area contributed by atoms with Gasteiger partial charge in [0.15, 0.2) is 0 Å². The van der Waals surface area contributed by atoms with E-state index in [9.17, 15) is 14.7 Å². The van der Waals surface area contributed by atoms with Gasteiger partial charge in [-0.15, -0.1) is 11.3 Å². The normalized spacial score (nSPS) is 16.9. The predicted molar refractivity (Wildman–Crippen MR) is 73.3 cm³/mol. The molecule has 3 nitrogen and oxygen atoms in total. The molecule has 1 aromatic heterocycles. The number of carboxylic acid groups (broad SMARTS) is 1. The van der Waals surface area contributed by atoms with Crippen molar-refractivity contribution in [2.24, 2.45) is 0 Å². The summed E-state index contributed by atoms with van der Waals surface area (Å²) < 4.78 is 0. The maximum absolute atomic E-state index is 11.4. The lowest BCUT2D eigenvalue weighted by molar-refractivity contribution is -0.153. The van der Waals surface area contributed by atoms with Crippen molar-refractivity contribution in [1.29, 1.82) is 0 Å². The zero-order valence-electron chi connectivity index (χ0n) is 10.1. The van der Waals surface area contributed by atoms with Crippen LogP contribution in [-0.2, 0) is 15.0 Å². The highest BCUT2D eigenvalue weighted by Gasteiger charge is 2.52. The first-order chi connectivity index (χ1) is 9.12. The Labute approximate surface area is 114 Å². The molecule has 96 valence electrons. The zero-order valence-corrected chi connectivity index (χ0v) is 10.9. The molecule has 0 bridgehead atoms. The zero-order chi connectivity index (χ0) is 13.5. The summed E-state index contributed by atoms with van der Waals surface area (Å²) >= 11 is 1.47. The van der Waals surface area contributed by atoms with Crippen LogP contribution >= 0.6 is 11.3 Å². The summed E-state index contributed by atoms with van der Waals surface area (Å²) in [6.45, 7) is 0. The number of ketones is 1.